The molecule has 11 heavy (non-hydrogen) atoms. The summed E-state index contributed by atoms with van der Waals surface area (Å²) in [4.78, 5) is 1.11. The first-order valence-corrected chi connectivity index (χ1v) is 4.43. The van der Waals surface area contributed by atoms with E-state index >= 15 is 0 Å². The van der Waals surface area contributed by atoms with E-state index in [1.165, 1.54) is 5.57 Å². The van der Waals surface area contributed by atoms with E-state index in [0.29, 0.717) is 0 Å². The van der Waals surface area contributed by atoms with E-state index in [-0.39, 0.29) is 0 Å². The summed E-state index contributed by atoms with van der Waals surface area (Å²) >= 11 is 5.20. The van der Waals surface area contributed by atoms with Gasteiger partial charge in [0.15, 0.2) is 0 Å². The second kappa shape index (κ2) is 4.45. The molecule has 1 radical (unpaired) electrons. The lowest BCUT2D eigenvalue weighted by molar-refractivity contribution is 0.850. The van der Waals surface area contributed by atoms with E-state index in [2.05, 4.69) is 25.2 Å². The molecule has 0 aromatic rings. The first-order chi connectivity index (χ1) is 5.34. The normalized spacial score (nSPS) is 16.8. The van der Waals surface area contributed by atoms with Crippen LogP contribution in [0, 0.1) is 6.92 Å². The van der Waals surface area contributed by atoms with Crippen molar-refractivity contribution in [3.63, 3.8) is 0 Å². The van der Waals surface area contributed by atoms with Crippen molar-refractivity contribution in [2.45, 2.75) is 25.7 Å². The Balaban J connectivity index is 2.47. The highest BCUT2D eigenvalue weighted by molar-refractivity contribution is 7.80. The van der Waals surface area contributed by atoms with Gasteiger partial charge >= 0.3 is 0 Å². The van der Waals surface area contributed by atoms with Crippen LogP contribution in [0.4, 0.5) is 0 Å². The third-order valence-electron chi connectivity index (χ3n) is 1.79. The number of unbranched alkanes of at least 4 members (excludes halogenated alkanes) is 1. The molecule has 0 aromatic heterocycles. The molecule has 0 N–H and O–H groups in total. The highest BCUT2D eigenvalue weighted by Gasteiger charge is 2.04. The van der Waals surface area contributed by atoms with Crippen LogP contribution in [0.15, 0.2) is 23.8 Å². The Labute approximate surface area is 74.0 Å². The van der Waals surface area contributed by atoms with Crippen LogP contribution < -0.4 is 0 Å². The van der Waals surface area contributed by atoms with Gasteiger partial charge in [-0.25, -0.2) is 0 Å². The van der Waals surface area contributed by atoms with Crippen LogP contribution in [-0.2, 0) is 0 Å². The minimum absolute atomic E-state index is 0.957. The fourth-order valence-corrected chi connectivity index (χ4v) is 1.39. The van der Waals surface area contributed by atoms with Crippen LogP contribution in [0.25, 0.3) is 0 Å². The zero-order valence-electron chi connectivity index (χ0n) is 6.68. The monoisotopic (exact) mass is 165 g/mol. The van der Waals surface area contributed by atoms with Gasteiger partial charge in [-0.05, 0) is 18.4 Å². The number of thiocarbonyl (C=S) groups is 1. The molecule has 0 bridgehead atoms. The Morgan fingerprint density at radius 3 is 3.00 bits per heavy atom. The van der Waals surface area contributed by atoms with Crippen molar-refractivity contribution in [1.29, 1.82) is 0 Å². The highest BCUT2D eigenvalue weighted by atomic mass is 32.1. The quantitative estimate of drug-likeness (QED) is 0.578. The molecule has 0 aliphatic heterocycles. The summed E-state index contributed by atoms with van der Waals surface area (Å²) in [5.74, 6) is 0. The van der Waals surface area contributed by atoms with Crippen molar-refractivity contribution in [1.82, 2.24) is 0 Å². The summed E-state index contributed by atoms with van der Waals surface area (Å²) < 4.78 is 0. The predicted octanol–water partition coefficient (Wildman–Crippen LogP) is 3.25. The SMILES string of the molecule is [CH2]CCCC1=CC=CCC1=S. The topological polar surface area (TPSA) is 0 Å². The van der Waals surface area contributed by atoms with E-state index in [4.69, 9.17) is 12.2 Å². The van der Waals surface area contributed by atoms with E-state index in [1.807, 2.05) is 0 Å². The molecule has 0 saturated carbocycles. The van der Waals surface area contributed by atoms with E-state index in [9.17, 15) is 0 Å². The minimum atomic E-state index is 0.957. The molecule has 0 unspecified atom stereocenters. The summed E-state index contributed by atoms with van der Waals surface area (Å²) in [6.45, 7) is 3.81. The molecule has 0 amide bonds. The van der Waals surface area contributed by atoms with Gasteiger partial charge in [0.25, 0.3) is 0 Å². The number of hydrogen-bond acceptors (Lipinski definition) is 1. The van der Waals surface area contributed by atoms with Crippen LogP contribution in [0.2, 0.25) is 0 Å². The predicted molar refractivity (Wildman–Crippen MR) is 53.6 cm³/mol. The van der Waals surface area contributed by atoms with E-state index < -0.39 is 0 Å². The van der Waals surface area contributed by atoms with Gasteiger partial charge in [0.2, 0.25) is 0 Å². The molecule has 0 saturated heterocycles. The zero-order chi connectivity index (χ0) is 8.10. The molecule has 1 aliphatic rings. The largest absolute Gasteiger partial charge is 0.0843 e. The van der Waals surface area contributed by atoms with Gasteiger partial charge in [-0.15, -0.1) is 0 Å². The van der Waals surface area contributed by atoms with Gasteiger partial charge in [0, 0.05) is 11.3 Å². The van der Waals surface area contributed by atoms with Gasteiger partial charge in [-0.1, -0.05) is 43.8 Å². The molecule has 1 rings (SSSR count). The maximum atomic E-state index is 5.20. The fourth-order valence-electron chi connectivity index (χ4n) is 1.12. The van der Waals surface area contributed by atoms with Crippen molar-refractivity contribution in [2.24, 2.45) is 0 Å². The molecule has 1 heteroatoms. The van der Waals surface area contributed by atoms with Gasteiger partial charge in [0.05, 0.1) is 0 Å². The average molecular weight is 165 g/mol. The molecule has 0 atom stereocenters. The molecule has 0 aromatic carbocycles. The molecule has 0 nitrogen and oxygen atoms in total. The van der Waals surface area contributed by atoms with Crippen molar-refractivity contribution in [3.05, 3.63) is 30.7 Å². The molecular formula is C10H13S. The Hall–Kier alpha value is -0.430. The van der Waals surface area contributed by atoms with Crippen LogP contribution in [0.3, 0.4) is 0 Å². The first kappa shape index (κ1) is 8.66. The maximum Gasteiger partial charge on any atom is 0.0221 e. The first-order valence-electron chi connectivity index (χ1n) is 4.02. The zero-order valence-corrected chi connectivity index (χ0v) is 7.49. The summed E-state index contributed by atoms with van der Waals surface area (Å²) in [5.41, 5.74) is 1.34. The van der Waals surface area contributed by atoms with E-state index in [0.717, 1.165) is 30.5 Å². The lowest BCUT2D eigenvalue weighted by Crippen LogP contribution is -2.00. The minimum Gasteiger partial charge on any atom is -0.0843 e. The Kier molecular flexibility index (Phi) is 3.50. The Bertz CT molecular complexity index is 199. The Morgan fingerprint density at radius 1 is 1.55 bits per heavy atom. The van der Waals surface area contributed by atoms with Gasteiger partial charge in [-0.2, -0.15) is 0 Å². The standard InChI is InChI=1S/C10H13S/c1-2-3-6-9-7-4-5-8-10(9)11/h4-5,7H,1-3,6,8H2. The van der Waals surface area contributed by atoms with Crippen molar-refractivity contribution >= 4 is 17.1 Å². The summed E-state index contributed by atoms with van der Waals surface area (Å²) in [7, 11) is 0. The fraction of sp³-hybridized carbons (Fsp3) is 0.400. The van der Waals surface area contributed by atoms with Gasteiger partial charge in [-0.3, -0.25) is 0 Å². The maximum absolute atomic E-state index is 5.20. The molecule has 0 spiro atoms. The highest BCUT2D eigenvalue weighted by Crippen LogP contribution is 2.15. The molecule has 1 aliphatic carbocycles. The van der Waals surface area contributed by atoms with Crippen LogP contribution >= 0.6 is 12.2 Å². The third-order valence-corrected chi connectivity index (χ3v) is 2.22. The lowest BCUT2D eigenvalue weighted by Gasteiger charge is -2.08. The lowest BCUT2D eigenvalue weighted by atomic mass is 10.00. The smallest absolute Gasteiger partial charge is 0.0221 e. The average Bonchev–Trinajstić information content (AvgIpc) is 2.03. The number of allylic oxidation sites excluding steroid dienone is 4. The Morgan fingerprint density at radius 2 is 2.36 bits per heavy atom. The second-order valence-electron chi connectivity index (χ2n) is 2.70. The molecular weight excluding hydrogens is 152 g/mol. The van der Waals surface area contributed by atoms with Crippen molar-refractivity contribution in [3.8, 4) is 0 Å². The van der Waals surface area contributed by atoms with Crippen LogP contribution in [0.1, 0.15) is 25.7 Å². The van der Waals surface area contributed by atoms with Crippen molar-refractivity contribution in [2.75, 3.05) is 0 Å². The van der Waals surface area contributed by atoms with Gasteiger partial charge < -0.3 is 0 Å². The number of hydrogen-bond donors (Lipinski definition) is 0. The molecule has 59 valence electrons. The van der Waals surface area contributed by atoms with Gasteiger partial charge in [0.1, 0.15) is 0 Å². The summed E-state index contributed by atoms with van der Waals surface area (Å²) in [6.07, 6.45) is 10.5. The summed E-state index contributed by atoms with van der Waals surface area (Å²) in [5, 5.41) is 0. The second-order valence-corrected chi connectivity index (χ2v) is 3.20. The van der Waals surface area contributed by atoms with Crippen molar-refractivity contribution < 1.29 is 0 Å². The number of rotatable bonds is 3. The molecule has 0 fully saturated rings. The van der Waals surface area contributed by atoms with Crippen LogP contribution in [-0.4, -0.2) is 4.86 Å². The molecule has 0 heterocycles. The third kappa shape index (κ3) is 2.58. The summed E-state index contributed by atoms with van der Waals surface area (Å²) in [6, 6.07) is 0. The van der Waals surface area contributed by atoms with Crippen LogP contribution in [0.5, 0.6) is 0 Å². The van der Waals surface area contributed by atoms with E-state index in [1.54, 1.807) is 0 Å².